The molecule has 0 aliphatic carbocycles. The predicted molar refractivity (Wildman–Crippen MR) is 99.9 cm³/mol. The van der Waals surface area contributed by atoms with Crippen LogP contribution in [-0.2, 0) is 23.1 Å². The van der Waals surface area contributed by atoms with Crippen molar-refractivity contribution in [1.82, 2.24) is 9.78 Å². The molecule has 7 nitrogen and oxygen atoms in total. The maximum absolute atomic E-state index is 11.6. The summed E-state index contributed by atoms with van der Waals surface area (Å²) in [7, 11) is 0.622. The van der Waals surface area contributed by atoms with Crippen LogP contribution in [0.5, 0.6) is 5.75 Å². The molecule has 10 heteroatoms. The summed E-state index contributed by atoms with van der Waals surface area (Å²) in [6.45, 7) is 1.14. The molecule has 0 radical (unpaired) electrons. The van der Waals surface area contributed by atoms with Gasteiger partial charge in [-0.25, -0.2) is 8.42 Å². The van der Waals surface area contributed by atoms with Gasteiger partial charge in [-0.2, -0.15) is 4.68 Å². The second kappa shape index (κ2) is 7.67. The predicted octanol–water partition coefficient (Wildman–Crippen LogP) is 1.44. The third-order valence-electron chi connectivity index (χ3n) is 4.36. The summed E-state index contributed by atoms with van der Waals surface area (Å²) in [5.41, 5.74) is 0.981. The lowest BCUT2D eigenvalue weighted by atomic mass is 10.1. The average molecular weight is 419 g/mol. The maximum Gasteiger partial charge on any atom is 0.291 e. The molecule has 0 amide bonds. The summed E-state index contributed by atoms with van der Waals surface area (Å²) in [5.74, 6) is 1.21. The first kappa shape index (κ1) is 19.3. The van der Waals surface area contributed by atoms with E-state index in [4.69, 9.17) is 33.0 Å². The minimum absolute atomic E-state index is 0.0741. The van der Waals surface area contributed by atoms with E-state index in [1.54, 1.807) is 17.9 Å². The van der Waals surface area contributed by atoms with Gasteiger partial charge < -0.3 is 14.1 Å². The first-order valence-corrected chi connectivity index (χ1v) is 10.8. The van der Waals surface area contributed by atoms with Gasteiger partial charge in [-0.3, -0.25) is 0 Å². The highest BCUT2D eigenvalue weighted by Gasteiger charge is 2.33. The smallest absolute Gasteiger partial charge is 0.291 e. The molecular formula is C16H21ClN3O4S2+. The number of benzene rings is 1. The second-order valence-electron chi connectivity index (χ2n) is 6.55. The summed E-state index contributed by atoms with van der Waals surface area (Å²) in [5, 5.41) is 5.05. The number of nitrogens with zero attached hydrogens (tertiary/aromatic N) is 2. The number of ether oxygens (including phenoxy) is 1. The zero-order valence-electron chi connectivity index (χ0n) is 14.6. The van der Waals surface area contributed by atoms with E-state index >= 15 is 0 Å². The number of hydrogen-bond acceptors (Lipinski definition) is 6. The summed E-state index contributed by atoms with van der Waals surface area (Å²) in [6, 6.07) is 5.50. The van der Waals surface area contributed by atoms with Gasteiger partial charge >= 0.3 is 0 Å². The fraction of sp³-hybridized carbons (Fsp3) is 0.500. The normalized spacial score (nSPS) is 20.2. The first-order chi connectivity index (χ1) is 12.3. The highest BCUT2D eigenvalue weighted by atomic mass is 35.5. The molecule has 2 atom stereocenters. The van der Waals surface area contributed by atoms with E-state index in [0.29, 0.717) is 30.5 Å². The van der Waals surface area contributed by atoms with Gasteiger partial charge in [-0.1, -0.05) is 11.6 Å². The standard InChI is InChI=1S/C16H20ClN3O4S2/c1-19(8-12-7-13(17)3-4-14(12)23-2)10-20-16(25)24-15(18-20)11-5-6-26(21,22)9-11/h3-4,7,11H,5-6,8-10H2,1-2H3/p+1/t11-/m0/s1. The van der Waals surface area contributed by atoms with Crippen LogP contribution in [-0.4, -0.2) is 43.9 Å². The Labute approximate surface area is 162 Å². The van der Waals surface area contributed by atoms with Gasteiger partial charge in [0.15, 0.2) is 16.5 Å². The van der Waals surface area contributed by atoms with Crippen LogP contribution < -0.4 is 9.64 Å². The number of sulfone groups is 1. The number of hydrogen-bond donors (Lipinski definition) is 1. The Morgan fingerprint density at radius 1 is 1.50 bits per heavy atom. The molecule has 1 N–H and O–H groups in total. The molecule has 1 aromatic heterocycles. The van der Waals surface area contributed by atoms with Gasteiger partial charge in [0.05, 0.1) is 31.6 Å². The van der Waals surface area contributed by atoms with Crippen LogP contribution in [0.3, 0.4) is 0 Å². The van der Waals surface area contributed by atoms with Gasteiger partial charge in [-0.05, 0) is 36.8 Å². The lowest BCUT2D eigenvalue weighted by molar-refractivity contribution is -0.917. The number of methoxy groups -OCH3 is 1. The van der Waals surface area contributed by atoms with E-state index in [2.05, 4.69) is 5.10 Å². The van der Waals surface area contributed by atoms with Crippen molar-refractivity contribution in [3.05, 3.63) is 39.5 Å². The Hall–Kier alpha value is -1.42. The SMILES string of the molecule is COc1ccc(Cl)cc1C[NH+](C)Cn1nc([C@H]2CCS(=O)(=O)C2)oc1=S. The van der Waals surface area contributed by atoms with E-state index in [1.807, 2.05) is 19.2 Å². The summed E-state index contributed by atoms with van der Waals surface area (Å²) in [6.07, 6.45) is 0.528. The van der Waals surface area contributed by atoms with Crippen molar-refractivity contribution in [2.45, 2.75) is 25.6 Å². The lowest BCUT2D eigenvalue weighted by Gasteiger charge is -2.15. The van der Waals surface area contributed by atoms with Crippen molar-refractivity contribution in [1.29, 1.82) is 0 Å². The van der Waals surface area contributed by atoms with Crippen molar-refractivity contribution in [2.75, 3.05) is 25.7 Å². The summed E-state index contributed by atoms with van der Waals surface area (Å²) in [4.78, 5) is 1.35. The number of nitrogens with one attached hydrogen (secondary N) is 1. The van der Waals surface area contributed by atoms with E-state index in [1.165, 1.54) is 0 Å². The van der Waals surface area contributed by atoms with E-state index in [0.717, 1.165) is 16.2 Å². The van der Waals surface area contributed by atoms with Gasteiger partial charge in [-0.15, -0.1) is 5.10 Å². The molecule has 142 valence electrons. The maximum atomic E-state index is 11.6. The number of quaternary nitrogens is 1. The molecule has 3 rings (SSSR count). The molecule has 2 heterocycles. The number of rotatable bonds is 6. The third-order valence-corrected chi connectivity index (χ3v) is 6.66. The average Bonchev–Trinajstić information content (AvgIpc) is 3.10. The van der Waals surface area contributed by atoms with Crippen LogP contribution in [0.2, 0.25) is 5.02 Å². The van der Waals surface area contributed by atoms with E-state index < -0.39 is 9.84 Å². The van der Waals surface area contributed by atoms with Crippen molar-refractivity contribution in [2.24, 2.45) is 0 Å². The molecule has 1 aromatic carbocycles. The lowest BCUT2D eigenvalue weighted by Crippen LogP contribution is -3.07. The van der Waals surface area contributed by atoms with Gasteiger partial charge in [0.25, 0.3) is 4.84 Å². The Morgan fingerprint density at radius 3 is 2.92 bits per heavy atom. The number of halogens is 1. The zero-order chi connectivity index (χ0) is 18.9. The van der Waals surface area contributed by atoms with Crippen LogP contribution in [0.25, 0.3) is 0 Å². The minimum atomic E-state index is -3.00. The highest BCUT2D eigenvalue weighted by molar-refractivity contribution is 7.91. The highest BCUT2D eigenvalue weighted by Crippen LogP contribution is 2.27. The Kier molecular flexibility index (Phi) is 5.71. The van der Waals surface area contributed by atoms with Gasteiger partial charge in [0.2, 0.25) is 5.89 Å². The van der Waals surface area contributed by atoms with Crippen LogP contribution in [0.4, 0.5) is 0 Å². The third kappa shape index (κ3) is 4.46. The molecule has 0 spiro atoms. The molecule has 1 aliphatic rings. The topological polar surface area (TPSA) is 78.8 Å². The fourth-order valence-corrected chi connectivity index (χ4v) is 5.22. The molecule has 1 unspecified atom stereocenters. The van der Waals surface area contributed by atoms with Crippen LogP contribution >= 0.6 is 23.8 Å². The largest absolute Gasteiger partial charge is 0.496 e. The molecule has 1 saturated heterocycles. The Balaban J connectivity index is 1.71. The Bertz CT molecular complexity index is 955. The van der Waals surface area contributed by atoms with Gasteiger partial charge in [0, 0.05) is 10.6 Å². The monoisotopic (exact) mass is 418 g/mol. The van der Waals surface area contributed by atoms with Crippen molar-refractivity contribution < 1.29 is 22.5 Å². The van der Waals surface area contributed by atoms with Crippen LogP contribution in [0, 0.1) is 4.84 Å². The molecule has 1 fully saturated rings. The van der Waals surface area contributed by atoms with Crippen LogP contribution in [0.15, 0.2) is 22.6 Å². The molecule has 0 bridgehead atoms. The first-order valence-electron chi connectivity index (χ1n) is 8.19. The fourth-order valence-electron chi connectivity index (χ4n) is 3.10. The summed E-state index contributed by atoms with van der Waals surface area (Å²) < 4.78 is 35.8. The molecular weight excluding hydrogens is 398 g/mol. The quantitative estimate of drug-likeness (QED) is 0.715. The van der Waals surface area contributed by atoms with E-state index in [-0.39, 0.29) is 22.3 Å². The van der Waals surface area contributed by atoms with Crippen molar-refractivity contribution in [3.63, 3.8) is 0 Å². The van der Waals surface area contributed by atoms with Crippen molar-refractivity contribution >= 4 is 33.7 Å². The summed E-state index contributed by atoms with van der Waals surface area (Å²) >= 11 is 11.3. The zero-order valence-corrected chi connectivity index (χ0v) is 17.0. The molecule has 0 saturated carbocycles. The second-order valence-corrected chi connectivity index (χ2v) is 9.57. The minimum Gasteiger partial charge on any atom is -0.496 e. The molecule has 1 aliphatic heterocycles. The Morgan fingerprint density at radius 2 is 2.27 bits per heavy atom. The van der Waals surface area contributed by atoms with Crippen LogP contribution in [0.1, 0.15) is 23.8 Å². The molecule has 2 aromatic rings. The van der Waals surface area contributed by atoms with Gasteiger partial charge in [0.1, 0.15) is 12.3 Å². The van der Waals surface area contributed by atoms with E-state index in [9.17, 15) is 8.42 Å². The number of aromatic nitrogens is 2. The molecule has 26 heavy (non-hydrogen) atoms. The van der Waals surface area contributed by atoms with Crippen molar-refractivity contribution in [3.8, 4) is 5.75 Å².